The van der Waals surface area contributed by atoms with Gasteiger partial charge in [0.25, 0.3) is 0 Å². The summed E-state index contributed by atoms with van der Waals surface area (Å²) in [4.78, 5) is 0. The summed E-state index contributed by atoms with van der Waals surface area (Å²) in [7, 11) is 0. The van der Waals surface area contributed by atoms with Gasteiger partial charge in [0.2, 0.25) is 0 Å². The third kappa shape index (κ3) is 2.05. The summed E-state index contributed by atoms with van der Waals surface area (Å²) >= 11 is 0. The van der Waals surface area contributed by atoms with Gasteiger partial charge in [-0.3, -0.25) is 11.7 Å². The van der Waals surface area contributed by atoms with E-state index in [0.29, 0.717) is 0 Å². The Bertz CT molecular complexity index is 377. The fourth-order valence-electron chi connectivity index (χ4n) is 1.39. The zero-order valence-electron chi connectivity index (χ0n) is 7.70. The first-order valence-corrected chi connectivity index (χ1v) is 4.15. The van der Waals surface area contributed by atoms with E-state index in [-0.39, 0.29) is 0 Å². The minimum Gasteiger partial charge on any atom is -0.274 e. The summed E-state index contributed by atoms with van der Waals surface area (Å²) < 4.78 is 0. The summed E-state index contributed by atoms with van der Waals surface area (Å²) in [5.74, 6) is 8.00. The van der Waals surface area contributed by atoms with Crippen molar-refractivity contribution in [2.45, 2.75) is 6.92 Å². The van der Waals surface area contributed by atoms with Gasteiger partial charge in [-0.15, -0.1) is 0 Å². The minimum absolute atomic E-state index is 1.33. The maximum Gasteiger partial charge on any atom is -0.0155 e. The van der Waals surface area contributed by atoms with Gasteiger partial charge in [-0.05, 0) is 23.3 Å². The number of rotatable bonds is 0. The van der Waals surface area contributed by atoms with Crippen molar-refractivity contribution in [3.8, 4) is 0 Å². The lowest BCUT2D eigenvalue weighted by Crippen LogP contribution is -2.02. The number of fused-ring (bicyclic) bond motifs is 1. The quantitative estimate of drug-likeness (QED) is 0.474. The highest BCUT2D eigenvalue weighted by Gasteiger charge is 1.91. The molecular formula is C11H14N2. The highest BCUT2D eigenvalue weighted by atomic mass is 15.0. The molecule has 0 bridgehead atoms. The van der Waals surface area contributed by atoms with Crippen LogP contribution in [0.2, 0.25) is 0 Å². The van der Waals surface area contributed by atoms with Gasteiger partial charge in [0.1, 0.15) is 0 Å². The van der Waals surface area contributed by atoms with Crippen molar-refractivity contribution in [1.82, 2.24) is 0 Å². The Labute approximate surface area is 78.1 Å². The van der Waals surface area contributed by atoms with Crippen LogP contribution in [0.3, 0.4) is 0 Å². The molecule has 2 nitrogen and oxygen atoms in total. The first kappa shape index (κ1) is 9.71. The molecule has 0 amide bonds. The molecule has 4 N–H and O–H groups in total. The monoisotopic (exact) mass is 174 g/mol. The third-order valence-electron chi connectivity index (χ3n) is 2.01. The molecule has 0 spiro atoms. The van der Waals surface area contributed by atoms with Crippen molar-refractivity contribution in [2.75, 3.05) is 0 Å². The molecule has 0 fully saturated rings. The SMILES string of the molecule is Cc1cccc2ccccc12.NN. The van der Waals surface area contributed by atoms with E-state index < -0.39 is 0 Å². The van der Waals surface area contributed by atoms with E-state index in [1.54, 1.807) is 0 Å². The van der Waals surface area contributed by atoms with E-state index in [1.165, 1.54) is 16.3 Å². The zero-order chi connectivity index (χ0) is 9.68. The van der Waals surface area contributed by atoms with Crippen molar-refractivity contribution in [1.29, 1.82) is 0 Å². The van der Waals surface area contributed by atoms with Crippen LogP contribution in [0.4, 0.5) is 0 Å². The molecule has 0 saturated heterocycles. The molecular weight excluding hydrogens is 160 g/mol. The molecule has 0 heterocycles. The predicted molar refractivity (Wildman–Crippen MR) is 57.1 cm³/mol. The van der Waals surface area contributed by atoms with Gasteiger partial charge in [0.05, 0.1) is 0 Å². The third-order valence-corrected chi connectivity index (χ3v) is 2.01. The highest BCUT2D eigenvalue weighted by molar-refractivity contribution is 5.85. The smallest absolute Gasteiger partial charge is 0.0155 e. The Balaban J connectivity index is 0.000000396. The van der Waals surface area contributed by atoms with Crippen molar-refractivity contribution in [3.05, 3.63) is 48.0 Å². The second-order valence-corrected chi connectivity index (χ2v) is 2.80. The summed E-state index contributed by atoms with van der Waals surface area (Å²) in [5, 5.41) is 2.68. The molecule has 0 radical (unpaired) electrons. The number of nitrogens with two attached hydrogens (primary N) is 2. The van der Waals surface area contributed by atoms with E-state index in [9.17, 15) is 0 Å². The fourth-order valence-corrected chi connectivity index (χ4v) is 1.39. The van der Waals surface area contributed by atoms with Crippen LogP contribution in [0.1, 0.15) is 5.56 Å². The van der Waals surface area contributed by atoms with Crippen molar-refractivity contribution in [3.63, 3.8) is 0 Å². The van der Waals surface area contributed by atoms with Crippen molar-refractivity contribution < 1.29 is 0 Å². The lowest BCUT2D eigenvalue weighted by Gasteiger charge is -1.98. The Hall–Kier alpha value is -1.38. The van der Waals surface area contributed by atoms with Gasteiger partial charge in [-0.2, -0.15) is 0 Å². The first-order chi connectivity index (χ1) is 6.38. The number of aryl methyl sites for hydroxylation is 1. The topological polar surface area (TPSA) is 52.0 Å². The molecule has 2 aromatic carbocycles. The molecule has 0 aliphatic heterocycles. The molecule has 0 aliphatic rings. The average Bonchev–Trinajstić information content (AvgIpc) is 2.22. The van der Waals surface area contributed by atoms with Crippen molar-refractivity contribution in [2.24, 2.45) is 11.7 Å². The lowest BCUT2D eigenvalue weighted by atomic mass is 10.1. The minimum atomic E-state index is 1.33. The van der Waals surface area contributed by atoms with Crippen LogP contribution in [0, 0.1) is 6.92 Å². The second kappa shape index (κ2) is 4.60. The van der Waals surface area contributed by atoms with E-state index in [0.717, 1.165) is 0 Å². The molecule has 2 aromatic rings. The van der Waals surface area contributed by atoms with Crippen LogP contribution in [0.15, 0.2) is 42.5 Å². The Morgan fingerprint density at radius 2 is 1.46 bits per heavy atom. The molecule has 0 atom stereocenters. The number of hydrogen-bond acceptors (Lipinski definition) is 2. The summed E-state index contributed by atoms with van der Waals surface area (Å²) in [6.45, 7) is 2.14. The van der Waals surface area contributed by atoms with Gasteiger partial charge < -0.3 is 0 Å². The van der Waals surface area contributed by atoms with Crippen molar-refractivity contribution >= 4 is 10.8 Å². The van der Waals surface area contributed by atoms with Crippen LogP contribution in [0.5, 0.6) is 0 Å². The van der Waals surface area contributed by atoms with E-state index >= 15 is 0 Å². The van der Waals surface area contributed by atoms with Gasteiger partial charge in [-0.1, -0.05) is 42.5 Å². The molecule has 0 unspecified atom stereocenters. The molecule has 2 heteroatoms. The molecule has 0 saturated carbocycles. The number of hydrazine groups is 1. The van der Waals surface area contributed by atoms with Gasteiger partial charge in [-0.25, -0.2) is 0 Å². The second-order valence-electron chi connectivity index (χ2n) is 2.80. The maximum atomic E-state index is 4.00. The number of benzene rings is 2. The standard InChI is InChI=1S/C11H10.H4N2/c1-9-5-4-7-10-6-2-3-8-11(9)10;1-2/h2-8H,1H3;1-2H2. The zero-order valence-corrected chi connectivity index (χ0v) is 7.70. The fraction of sp³-hybridized carbons (Fsp3) is 0.0909. The molecule has 68 valence electrons. The summed E-state index contributed by atoms with van der Waals surface area (Å²) in [6.07, 6.45) is 0. The van der Waals surface area contributed by atoms with Crippen LogP contribution >= 0.6 is 0 Å². The number of hydrogen-bond donors (Lipinski definition) is 2. The lowest BCUT2D eigenvalue weighted by molar-refractivity contribution is 1.26. The molecule has 0 aromatic heterocycles. The summed E-state index contributed by atoms with van der Waals surface area (Å²) in [6, 6.07) is 14.8. The molecule has 0 aliphatic carbocycles. The Morgan fingerprint density at radius 1 is 0.846 bits per heavy atom. The molecule has 13 heavy (non-hydrogen) atoms. The van der Waals surface area contributed by atoms with E-state index in [2.05, 4.69) is 61.1 Å². The van der Waals surface area contributed by atoms with Crippen LogP contribution in [-0.2, 0) is 0 Å². The molecule has 2 rings (SSSR count). The van der Waals surface area contributed by atoms with Crippen LogP contribution in [-0.4, -0.2) is 0 Å². The highest BCUT2D eigenvalue weighted by Crippen LogP contribution is 2.16. The van der Waals surface area contributed by atoms with Gasteiger partial charge in [0, 0.05) is 0 Å². The van der Waals surface area contributed by atoms with Crippen LogP contribution in [0.25, 0.3) is 10.8 Å². The maximum absolute atomic E-state index is 4.00. The van der Waals surface area contributed by atoms with Gasteiger partial charge >= 0.3 is 0 Å². The first-order valence-electron chi connectivity index (χ1n) is 4.15. The van der Waals surface area contributed by atoms with E-state index in [4.69, 9.17) is 0 Å². The Morgan fingerprint density at radius 3 is 2.15 bits per heavy atom. The normalized spacial score (nSPS) is 9.15. The van der Waals surface area contributed by atoms with Crippen LogP contribution < -0.4 is 11.7 Å². The van der Waals surface area contributed by atoms with Gasteiger partial charge in [0.15, 0.2) is 0 Å². The average molecular weight is 174 g/mol. The Kier molecular flexibility index (Phi) is 3.43. The largest absolute Gasteiger partial charge is 0.274 e. The predicted octanol–water partition coefficient (Wildman–Crippen LogP) is 1.97. The summed E-state index contributed by atoms with van der Waals surface area (Å²) in [5.41, 5.74) is 1.35. The van der Waals surface area contributed by atoms with E-state index in [1.807, 2.05) is 0 Å².